The minimum absolute atomic E-state index is 0. The molecule has 0 saturated carbocycles. The van der Waals surface area contributed by atoms with E-state index in [1.807, 2.05) is 55.5 Å². The number of rotatable bonds is 4. The summed E-state index contributed by atoms with van der Waals surface area (Å²) < 4.78 is 24.8. The molecule has 6 heteroatoms. The topological polar surface area (TPSA) is 60.6 Å². The van der Waals surface area contributed by atoms with Gasteiger partial charge in [0.2, 0.25) is 0 Å². The van der Waals surface area contributed by atoms with Gasteiger partial charge >= 0.3 is 29.6 Å². The molecule has 0 spiro atoms. The summed E-state index contributed by atoms with van der Waals surface area (Å²) in [5.74, 6) is 0. The van der Waals surface area contributed by atoms with Crippen molar-refractivity contribution in [3.05, 3.63) is 101 Å². The van der Waals surface area contributed by atoms with Crippen LogP contribution in [0.3, 0.4) is 0 Å². The molecule has 0 heterocycles. The van der Waals surface area contributed by atoms with Crippen molar-refractivity contribution in [2.45, 2.75) is 11.8 Å². The predicted octanol–water partition coefficient (Wildman–Crippen LogP) is 1.24. The number of hydrogen-bond acceptors (Lipinski definition) is 3. The van der Waals surface area contributed by atoms with Crippen LogP contribution in [0.1, 0.15) is 5.56 Å². The molecule has 0 unspecified atom stereocenters. The zero-order valence-corrected chi connectivity index (χ0v) is 17.5. The Morgan fingerprint density at radius 2 is 1.35 bits per heavy atom. The third kappa shape index (κ3) is 5.05. The second-order valence-electron chi connectivity index (χ2n) is 5.55. The van der Waals surface area contributed by atoms with Crippen LogP contribution in [0.2, 0.25) is 0 Å². The molecule has 0 aromatic heterocycles. The average molecular weight is 372 g/mol. The van der Waals surface area contributed by atoms with E-state index < -0.39 is 10.0 Å². The maximum absolute atomic E-state index is 12.4. The summed E-state index contributed by atoms with van der Waals surface area (Å²) >= 11 is 0. The SMILES string of the molecule is Cc1ccc(S(=O)(=O)[N-]/N=c2/cccccc2-c2ccccc2)cc1.[Na+]. The van der Waals surface area contributed by atoms with Crippen LogP contribution in [0, 0.1) is 6.92 Å². The summed E-state index contributed by atoms with van der Waals surface area (Å²) in [5.41, 5.74) is 2.74. The second-order valence-corrected chi connectivity index (χ2v) is 7.13. The van der Waals surface area contributed by atoms with Gasteiger partial charge in [0.05, 0.1) is 4.90 Å². The summed E-state index contributed by atoms with van der Waals surface area (Å²) in [5, 5.41) is 4.52. The van der Waals surface area contributed by atoms with Gasteiger partial charge < -0.3 is 9.93 Å². The smallest absolute Gasteiger partial charge is 0.490 e. The molecule has 0 N–H and O–H groups in total. The largest absolute Gasteiger partial charge is 1.00 e. The Labute approximate surface area is 176 Å². The van der Waals surface area contributed by atoms with E-state index in [-0.39, 0.29) is 34.5 Å². The minimum Gasteiger partial charge on any atom is -0.490 e. The first-order valence-corrected chi connectivity index (χ1v) is 9.23. The van der Waals surface area contributed by atoms with E-state index in [4.69, 9.17) is 0 Å². The predicted molar refractivity (Wildman–Crippen MR) is 99.2 cm³/mol. The molecule has 0 aliphatic rings. The number of hydrogen-bond donors (Lipinski definition) is 0. The van der Waals surface area contributed by atoms with Crippen LogP contribution in [0.25, 0.3) is 16.0 Å². The van der Waals surface area contributed by atoms with Crippen LogP contribution < -0.4 is 34.9 Å². The van der Waals surface area contributed by atoms with Crippen molar-refractivity contribution >= 4 is 10.0 Å². The minimum atomic E-state index is -3.84. The normalized spacial score (nSPS) is 11.5. The molecule has 26 heavy (non-hydrogen) atoms. The van der Waals surface area contributed by atoms with Gasteiger partial charge in [-0.15, -0.1) is 0 Å². The molecule has 0 fully saturated rings. The van der Waals surface area contributed by atoms with E-state index in [2.05, 4.69) is 9.93 Å². The molecule has 126 valence electrons. The van der Waals surface area contributed by atoms with Crippen molar-refractivity contribution < 1.29 is 38.0 Å². The first-order chi connectivity index (χ1) is 12.1. The molecular formula is C20H17N2NaO2S. The Morgan fingerprint density at radius 1 is 0.769 bits per heavy atom. The van der Waals surface area contributed by atoms with Gasteiger partial charge in [-0.25, -0.2) is 8.42 Å². The van der Waals surface area contributed by atoms with Crippen LogP contribution in [0.4, 0.5) is 0 Å². The maximum atomic E-state index is 12.4. The molecule has 3 rings (SSSR count). The molecule has 0 saturated heterocycles. The summed E-state index contributed by atoms with van der Waals surface area (Å²) in [7, 11) is -3.84. The van der Waals surface area contributed by atoms with E-state index in [1.54, 1.807) is 24.3 Å². The molecule has 0 atom stereocenters. The van der Waals surface area contributed by atoms with Crippen molar-refractivity contribution in [2.75, 3.05) is 0 Å². The van der Waals surface area contributed by atoms with E-state index in [9.17, 15) is 8.42 Å². The quantitative estimate of drug-likeness (QED) is 0.511. The van der Waals surface area contributed by atoms with Crippen LogP contribution in [-0.4, -0.2) is 8.42 Å². The molecule has 0 bridgehead atoms. The second kappa shape index (κ2) is 9.14. The van der Waals surface area contributed by atoms with Gasteiger partial charge in [0.1, 0.15) is 10.0 Å². The molecule has 0 aliphatic carbocycles. The number of sulfonamides is 1. The first-order valence-electron chi connectivity index (χ1n) is 7.79. The monoisotopic (exact) mass is 372 g/mol. The van der Waals surface area contributed by atoms with Gasteiger partial charge in [-0.1, -0.05) is 72.3 Å². The van der Waals surface area contributed by atoms with Crippen molar-refractivity contribution in [1.29, 1.82) is 0 Å². The standard InChI is InChI=1S/C20H17N2O2S.Na/c1-16-12-14-18(15-13-16)25(23,24)22-21-20-11-7-3-6-10-19(20)17-8-4-2-5-9-17;/h2-15H,1H3;/q-1;+1/b21-20-;. The Morgan fingerprint density at radius 3 is 2.00 bits per heavy atom. The zero-order chi connectivity index (χ0) is 17.7. The molecule has 4 nitrogen and oxygen atoms in total. The third-order valence-electron chi connectivity index (χ3n) is 3.67. The fraction of sp³-hybridized carbons (Fsp3) is 0.0500. The van der Waals surface area contributed by atoms with Gasteiger partial charge in [-0.05, 0) is 30.7 Å². The summed E-state index contributed by atoms with van der Waals surface area (Å²) in [4.78, 5) is 3.77. The van der Waals surface area contributed by atoms with Crippen LogP contribution in [0.15, 0.2) is 94.9 Å². The summed E-state index contributed by atoms with van der Waals surface area (Å²) in [6.07, 6.45) is 0. The van der Waals surface area contributed by atoms with Crippen LogP contribution in [0.5, 0.6) is 0 Å². The molecule has 3 aromatic rings. The number of aryl methyl sites for hydroxylation is 1. The zero-order valence-electron chi connectivity index (χ0n) is 14.7. The van der Waals surface area contributed by atoms with Crippen molar-refractivity contribution in [1.82, 2.24) is 0 Å². The van der Waals surface area contributed by atoms with E-state index >= 15 is 0 Å². The van der Waals surface area contributed by atoms with Gasteiger partial charge in [0, 0.05) is 10.9 Å². The van der Waals surface area contributed by atoms with Crippen molar-refractivity contribution in [3.8, 4) is 11.1 Å². The summed E-state index contributed by atoms with van der Waals surface area (Å²) in [6.45, 7) is 1.90. The maximum Gasteiger partial charge on any atom is 1.00 e. The van der Waals surface area contributed by atoms with Crippen molar-refractivity contribution in [3.63, 3.8) is 0 Å². The third-order valence-corrected chi connectivity index (χ3v) is 4.84. The Hall–Kier alpha value is -1.92. The molecule has 3 aromatic carbocycles. The Balaban J connectivity index is 0.00000243. The first kappa shape index (κ1) is 20.4. The van der Waals surface area contributed by atoms with E-state index in [0.29, 0.717) is 5.36 Å². The molecule has 0 amide bonds. The van der Waals surface area contributed by atoms with Gasteiger partial charge in [-0.2, -0.15) is 0 Å². The van der Waals surface area contributed by atoms with Gasteiger partial charge in [-0.3, -0.25) is 0 Å². The van der Waals surface area contributed by atoms with E-state index in [1.165, 1.54) is 12.1 Å². The molecule has 0 radical (unpaired) electrons. The molecular weight excluding hydrogens is 355 g/mol. The fourth-order valence-electron chi connectivity index (χ4n) is 2.34. The van der Waals surface area contributed by atoms with Crippen LogP contribution in [-0.2, 0) is 10.0 Å². The van der Waals surface area contributed by atoms with Gasteiger partial charge in [0.25, 0.3) is 0 Å². The fourth-order valence-corrected chi connectivity index (χ4v) is 3.11. The number of benzene rings is 2. The Bertz CT molecular complexity index is 1030. The number of nitrogens with zero attached hydrogens (tertiary/aromatic N) is 2. The Kier molecular flexibility index (Phi) is 7.17. The average Bonchev–Trinajstić information content (AvgIpc) is 2.87. The van der Waals surface area contributed by atoms with Crippen molar-refractivity contribution in [2.24, 2.45) is 5.10 Å². The summed E-state index contributed by atoms with van der Waals surface area (Å²) in [6, 6.07) is 25.4. The van der Waals surface area contributed by atoms with Gasteiger partial charge in [0.15, 0.2) is 0 Å². The molecule has 0 aliphatic heterocycles. The van der Waals surface area contributed by atoms with Crippen LogP contribution >= 0.6 is 0 Å². The van der Waals surface area contributed by atoms with E-state index in [0.717, 1.165) is 16.7 Å².